The van der Waals surface area contributed by atoms with Crippen LogP contribution in [0, 0.1) is 6.92 Å². The molecule has 0 saturated carbocycles. The van der Waals surface area contributed by atoms with Crippen molar-refractivity contribution in [3.05, 3.63) is 52.4 Å². The van der Waals surface area contributed by atoms with Gasteiger partial charge in [0.15, 0.2) is 16.7 Å². The summed E-state index contributed by atoms with van der Waals surface area (Å²) in [5.41, 5.74) is 1.27. The van der Waals surface area contributed by atoms with Crippen LogP contribution in [-0.2, 0) is 6.54 Å². The monoisotopic (exact) mass is 277 g/mol. The summed E-state index contributed by atoms with van der Waals surface area (Å²) < 4.78 is 0. The summed E-state index contributed by atoms with van der Waals surface area (Å²) in [5.74, 6) is -0.755. The molecule has 1 aromatic heterocycles. The van der Waals surface area contributed by atoms with Crippen molar-refractivity contribution in [2.75, 3.05) is 5.32 Å². The van der Waals surface area contributed by atoms with Crippen molar-refractivity contribution in [2.45, 2.75) is 13.5 Å². The fourth-order valence-corrected chi connectivity index (χ4v) is 1.79. The molecule has 0 radical (unpaired) electrons. The summed E-state index contributed by atoms with van der Waals surface area (Å²) in [7, 11) is 0. The van der Waals surface area contributed by atoms with Crippen LogP contribution in [0.3, 0.4) is 0 Å². The van der Waals surface area contributed by atoms with E-state index >= 15 is 0 Å². The largest absolute Gasteiger partial charge is 0.476 e. The third-order valence-corrected chi connectivity index (χ3v) is 2.80. The number of halogens is 1. The van der Waals surface area contributed by atoms with Crippen molar-refractivity contribution in [2.24, 2.45) is 0 Å². The third-order valence-electron chi connectivity index (χ3n) is 2.53. The zero-order chi connectivity index (χ0) is 13.8. The molecule has 2 N–H and O–H groups in total. The Morgan fingerprint density at radius 2 is 2.00 bits per heavy atom. The minimum Gasteiger partial charge on any atom is -0.476 e. The van der Waals surface area contributed by atoms with E-state index in [1.54, 1.807) is 6.92 Å². The molecule has 0 aliphatic carbocycles. The first-order valence-corrected chi connectivity index (χ1v) is 6.01. The van der Waals surface area contributed by atoms with E-state index in [-0.39, 0.29) is 10.8 Å². The Bertz CT molecular complexity index is 602. The molecule has 0 bridgehead atoms. The van der Waals surface area contributed by atoms with E-state index in [1.807, 2.05) is 30.3 Å². The average Bonchev–Trinajstić information content (AvgIpc) is 2.40. The van der Waals surface area contributed by atoms with E-state index in [0.717, 1.165) is 5.56 Å². The minimum atomic E-state index is -1.14. The molecular formula is C13H12ClN3O2. The second-order valence-electron chi connectivity index (χ2n) is 3.94. The second-order valence-corrected chi connectivity index (χ2v) is 4.30. The molecule has 1 aromatic carbocycles. The van der Waals surface area contributed by atoms with Crippen molar-refractivity contribution in [1.82, 2.24) is 9.97 Å². The number of hydrogen-bond donors (Lipinski definition) is 2. The van der Waals surface area contributed by atoms with E-state index in [1.165, 1.54) is 0 Å². The molecule has 2 rings (SSSR count). The highest BCUT2D eigenvalue weighted by molar-refractivity contribution is 6.31. The number of hydrogen-bond acceptors (Lipinski definition) is 4. The molecule has 6 heteroatoms. The lowest BCUT2D eigenvalue weighted by Crippen LogP contribution is -2.10. The first kappa shape index (κ1) is 13.3. The van der Waals surface area contributed by atoms with Crippen molar-refractivity contribution in [3.8, 4) is 0 Å². The van der Waals surface area contributed by atoms with Gasteiger partial charge in [-0.1, -0.05) is 41.9 Å². The second kappa shape index (κ2) is 5.67. The van der Waals surface area contributed by atoms with Crippen LogP contribution < -0.4 is 5.32 Å². The Hall–Kier alpha value is -2.14. The summed E-state index contributed by atoms with van der Waals surface area (Å²) in [6.45, 7) is 2.13. The number of carboxylic acids is 1. The molecule has 2 aromatic rings. The Morgan fingerprint density at radius 1 is 1.32 bits per heavy atom. The molecule has 1 heterocycles. The first-order chi connectivity index (χ1) is 9.08. The number of benzene rings is 1. The van der Waals surface area contributed by atoms with Crippen molar-refractivity contribution < 1.29 is 9.90 Å². The maximum Gasteiger partial charge on any atom is 0.356 e. The summed E-state index contributed by atoms with van der Waals surface area (Å²) in [5, 5.41) is 12.0. The number of nitrogens with one attached hydrogen (secondary N) is 1. The fourth-order valence-electron chi connectivity index (χ4n) is 1.60. The van der Waals surface area contributed by atoms with Crippen LogP contribution in [0.2, 0.25) is 5.15 Å². The van der Waals surface area contributed by atoms with Crippen molar-refractivity contribution in [1.29, 1.82) is 0 Å². The SMILES string of the molecule is Cc1nc(NCc2ccccc2)c(Cl)nc1C(=O)O. The van der Waals surface area contributed by atoms with E-state index in [2.05, 4.69) is 15.3 Å². The number of rotatable bonds is 4. The molecule has 0 atom stereocenters. The molecule has 19 heavy (non-hydrogen) atoms. The molecular weight excluding hydrogens is 266 g/mol. The summed E-state index contributed by atoms with van der Waals surface area (Å²) >= 11 is 5.91. The van der Waals surface area contributed by atoms with Crippen LogP contribution in [-0.4, -0.2) is 21.0 Å². The lowest BCUT2D eigenvalue weighted by atomic mass is 10.2. The van der Waals surface area contributed by atoms with Gasteiger partial charge in [0.05, 0.1) is 5.69 Å². The molecule has 0 amide bonds. The number of aromatic nitrogens is 2. The quantitative estimate of drug-likeness (QED) is 0.899. The van der Waals surface area contributed by atoms with Gasteiger partial charge in [0.1, 0.15) is 0 Å². The number of aryl methyl sites for hydroxylation is 1. The lowest BCUT2D eigenvalue weighted by molar-refractivity contribution is 0.0689. The normalized spacial score (nSPS) is 10.2. The topological polar surface area (TPSA) is 75.1 Å². The zero-order valence-electron chi connectivity index (χ0n) is 10.2. The number of anilines is 1. The van der Waals surface area contributed by atoms with Gasteiger partial charge in [-0.25, -0.2) is 14.8 Å². The third kappa shape index (κ3) is 3.20. The highest BCUT2D eigenvalue weighted by Gasteiger charge is 2.14. The maximum absolute atomic E-state index is 10.9. The van der Waals surface area contributed by atoms with E-state index in [9.17, 15) is 4.79 Å². The van der Waals surface area contributed by atoms with E-state index < -0.39 is 5.97 Å². The van der Waals surface area contributed by atoms with Gasteiger partial charge < -0.3 is 10.4 Å². The van der Waals surface area contributed by atoms with Crippen molar-refractivity contribution >= 4 is 23.4 Å². The van der Waals surface area contributed by atoms with Gasteiger partial charge in [0.2, 0.25) is 0 Å². The van der Waals surface area contributed by atoms with Gasteiger partial charge in [0.25, 0.3) is 0 Å². The van der Waals surface area contributed by atoms with Crippen LogP contribution in [0.15, 0.2) is 30.3 Å². The minimum absolute atomic E-state index is 0.0546. The van der Waals surface area contributed by atoms with Gasteiger partial charge in [-0.15, -0.1) is 0 Å². The Morgan fingerprint density at radius 3 is 2.63 bits per heavy atom. The zero-order valence-corrected chi connectivity index (χ0v) is 11.0. The van der Waals surface area contributed by atoms with E-state index in [4.69, 9.17) is 16.7 Å². The van der Waals surface area contributed by atoms with Crippen LogP contribution in [0.4, 0.5) is 5.82 Å². The highest BCUT2D eigenvalue weighted by atomic mass is 35.5. The fraction of sp³-hybridized carbons (Fsp3) is 0.154. The van der Waals surface area contributed by atoms with Crippen LogP contribution in [0.5, 0.6) is 0 Å². The summed E-state index contributed by atoms with van der Waals surface area (Å²) in [6, 6.07) is 9.73. The molecule has 0 unspecified atom stereocenters. The van der Waals surface area contributed by atoms with Crippen LogP contribution in [0.25, 0.3) is 0 Å². The summed E-state index contributed by atoms with van der Waals surface area (Å²) in [4.78, 5) is 18.8. The predicted molar refractivity (Wildman–Crippen MR) is 72.5 cm³/mol. The molecule has 0 aliphatic rings. The molecule has 0 fully saturated rings. The summed E-state index contributed by atoms with van der Waals surface area (Å²) in [6.07, 6.45) is 0. The van der Waals surface area contributed by atoms with Gasteiger partial charge in [-0.3, -0.25) is 0 Å². The number of nitrogens with zero attached hydrogens (tertiary/aromatic N) is 2. The molecule has 0 spiro atoms. The Kier molecular flexibility index (Phi) is 3.97. The Labute approximate surface area is 115 Å². The number of carboxylic acid groups (broad SMARTS) is 1. The standard InChI is InChI=1S/C13H12ClN3O2/c1-8-10(13(18)19)17-11(14)12(16-8)15-7-9-5-3-2-4-6-9/h2-6H,7H2,1H3,(H,15,16)(H,18,19). The van der Waals surface area contributed by atoms with Crippen molar-refractivity contribution in [3.63, 3.8) is 0 Å². The van der Waals surface area contributed by atoms with Crippen LogP contribution >= 0.6 is 11.6 Å². The van der Waals surface area contributed by atoms with Crippen LogP contribution in [0.1, 0.15) is 21.7 Å². The Balaban J connectivity index is 2.17. The molecule has 98 valence electrons. The predicted octanol–water partition coefficient (Wildman–Crippen LogP) is 2.75. The van der Waals surface area contributed by atoms with Gasteiger partial charge in [-0.2, -0.15) is 0 Å². The molecule has 0 aliphatic heterocycles. The van der Waals surface area contributed by atoms with E-state index in [0.29, 0.717) is 18.1 Å². The first-order valence-electron chi connectivity index (χ1n) is 5.63. The number of aromatic carboxylic acids is 1. The maximum atomic E-state index is 10.9. The smallest absolute Gasteiger partial charge is 0.356 e. The molecule has 5 nitrogen and oxygen atoms in total. The lowest BCUT2D eigenvalue weighted by Gasteiger charge is -2.09. The average molecular weight is 278 g/mol. The van der Waals surface area contributed by atoms with Gasteiger partial charge in [-0.05, 0) is 12.5 Å². The number of carbonyl (C=O) groups is 1. The highest BCUT2D eigenvalue weighted by Crippen LogP contribution is 2.19. The van der Waals surface area contributed by atoms with Gasteiger partial charge >= 0.3 is 5.97 Å². The molecule has 0 saturated heterocycles. The van der Waals surface area contributed by atoms with Gasteiger partial charge in [0, 0.05) is 6.54 Å².